The molecule has 2 aromatic carbocycles. The Balaban J connectivity index is 1.55. The molecule has 0 aliphatic rings. The van der Waals surface area contributed by atoms with Crippen LogP contribution >= 0.6 is 0 Å². The van der Waals surface area contributed by atoms with Crippen LogP contribution in [-0.4, -0.2) is 26.0 Å². The van der Waals surface area contributed by atoms with Gasteiger partial charge < -0.3 is 15.4 Å². The van der Waals surface area contributed by atoms with Gasteiger partial charge in [-0.25, -0.2) is 9.97 Å². The number of carbonyl (C=O) groups excluding carboxylic acids is 1. The van der Waals surface area contributed by atoms with Gasteiger partial charge in [-0.3, -0.25) is 4.79 Å². The Hall–Kier alpha value is -3.67. The van der Waals surface area contributed by atoms with Crippen molar-refractivity contribution < 1.29 is 9.90 Å². The van der Waals surface area contributed by atoms with E-state index in [9.17, 15) is 9.90 Å². The summed E-state index contributed by atoms with van der Waals surface area (Å²) in [5.74, 6) is 0.371. The highest BCUT2D eigenvalue weighted by Gasteiger charge is 2.12. The van der Waals surface area contributed by atoms with Crippen LogP contribution in [0.25, 0.3) is 22.3 Å². The molecule has 134 valence electrons. The molecule has 0 fully saturated rings. The van der Waals surface area contributed by atoms with Crippen LogP contribution in [-0.2, 0) is 0 Å². The molecule has 0 atom stereocenters. The van der Waals surface area contributed by atoms with Crippen molar-refractivity contribution in [1.29, 1.82) is 0 Å². The van der Waals surface area contributed by atoms with Crippen LogP contribution in [0.4, 0.5) is 5.69 Å². The van der Waals surface area contributed by atoms with Gasteiger partial charge in [0, 0.05) is 16.5 Å². The first-order chi connectivity index (χ1) is 13.0. The highest BCUT2D eigenvalue weighted by Crippen LogP contribution is 2.23. The van der Waals surface area contributed by atoms with Gasteiger partial charge >= 0.3 is 0 Å². The van der Waals surface area contributed by atoms with Gasteiger partial charge in [0.1, 0.15) is 11.4 Å². The van der Waals surface area contributed by atoms with Crippen molar-refractivity contribution in [2.24, 2.45) is 0 Å². The lowest BCUT2D eigenvalue weighted by atomic mass is 10.1. The number of phenols is 1. The zero-order valence-corrected chi connectivity index (χ0v) is 14.9. The molecule has 4 aromatic rings. The first-order valence-electron chi connectivity index (χ1n) is 8.52. The zero-order chi connectivity index (χ0) is 19.0. The third kappa shape index (κ3) is 3.37. The summed E-state index contributed by atoms with van der Waals surface area (Å²) < 4.78 is 0. The number of amides is 1. The van der Waals surface area contributed by atoms with E-state index in [4.69, 9.17) is 0 Å². The number of benzene rings is 2. The Morgan fingerprint density at radius 1 is 1.07 bits per heavy atom. The predicted molar refractivity (Wildman–Crippen MR) is 105 cm³/mol. The second kappa shape index (κ2) is 6.57. The summed E-state index contributed by atoms with van der Waals surface area (Å²) in [5, 5.41) is 13.4. The van der Waals surface area contributed by atoms with Crippen LogP contribution in [0.15, 0.2) is 54.9 Å². The number of fused-ring (bicyclic) bond motifs is 1. The van der Waals surface area contributed by atoms with E-state index < -0.39 is 0 Å². The lowest BCUT2D eigenvalue weighted by Gasteiger charge is -2.05. The average molecular weight is 358 g/mol. The third-order valence-electron chi connectivity index (χ3n) is 4.35. The van der Waals surface area contributed by atoms with Crippen molar-refractivity contribution in [3.05, 3.63) is 71.7 Å². The smallest absolute Gasteiger partial charge is 0.272 e. The summed E-state index contributed by atoms with van der Waals surface area (Å²) in [4.78, 5) is 24.2. The van der Waals surface area contributed by atoms with E-state index in [-0.39, 0.29) is 11.7 Å². The fraction of sp³-hybridized carbons (Fsp3) is 0.0952. The summed E-state index contributed by atoms with van der Waals surface area (Å²) in [5.41, 5.74) is 4.89. The zero-order valence-electron chi connectivity index (χ0n) is 14.9. The molecule has 0 unspecified atom stereocenters. The van der Waals surface area contributed by atoms with Gasteiger partial charge in [-0.2, -0.15) is 0 Å². The molecule has 0 spiro atoms. The van der Waals surface area contributed by atoms with E-state index in [0.29, 0.717) is 22.8 Å². The molecule has 0 radical (unpaired) electrons. The second-order valence-electron chi connectivity index (χ2n) is 6.53. The molecule has 6 nitrogen and oxygen atoms in total. The number of carbonyl (C=O) groups is 1. The molecule has 0 bridgehead atoms. The summed E-state index contributed by atoms with van der Waals surface area (Å²) in [6.45, 7) is 4.05. The van der Waals surface area contributed by atoms with Gasteiger partial charge in [0.2, 0.25) is 0 Å². The van der Waals surface area contributed by atoms with E-state index in [2.05, 4.69) is 26.3 Å². The number of anilines is 1. The third-order valence-corrected chi connectivity index (χ3v) is 4.35. The van der Waals surface area contributed by atoms with Crippen molar-refractivity contribution in [2.75, 3.05) is 5.32 Å². The number of aromatic nitrogens is 3. The van der Waals surface area contributed by atoms with Crippen LogP contribution in [0.1, 0.15) is 21.6 Å². The minimum Gasteiger partial charge on any atom is -0.508 e. The van der Waals surface area contributed by atoms with Gasteiger partial charge in [0.25, 0.3) is 5.91 Å². The Kier molecular flexibility index (Phi) is 4.08. The monoisotopic (exact) mass is 358 g/mol. The fourth-order valence-electron chi connectivity index (χ4n) is 3.11. The van der Waals surface area contributed by atoms with Crippen LogP contribution in [0.2, 0.25) is 0 Å². The Morgan fingerprint density at radius 3 is 2.59 bits per heavy atom. The minimum atomic E-state index is -0.253. The number of H-pyrrole nitrogens is 1. The van der Waals surface area contributed by atoms with E-state index >= 15 is 0 Å². The number of hydrogen-bond acceptors (Lipinski definition) is 4. The fourth-order valence-corrected chi connectivity index (χ4v) is 3.11. The molecule has 0 saturated carbocycles. The van der Waals surface area contributed by atoms with Crippen LogP contribution in [0, 0.1) is 13.8 Å². The standard InChI is InChI=1S/C21H18N4O2/c1-12-6-13(2)17-9-19(25-18(17)7-12)21(27)24-15-10-22-20(23-11-15)14-4-3-5-16(26)8-14/h3-11,25-26H,1-2H3,(H,24,27). The Bertz CT molecular complexity index is 1150. The number of rotatable bonds is 3. The summed E-state index contributed by atoms with van der Waals surface area (Å²) in [7, 11) is 0. The lowest BCUT2D eigenvalue weighted by Crippen LogP contribution is -2.12. The maximum atomic E-state index is 12.5. The van der Waals surface area contributed by atoms with Crippen LogP contribution in [0.5, 0.6) is 5.75 Å². The normalized spacial score (nSPS) is 10.9. The molecule has 0 saturated heterocycles. The Morgan fingerprint density at radius 2 is 1.85 bits per heavy atom. The summed E-state index contributed by atoms with van der Waals surface area (Å²) >= 11 is 0. The molecule has 0 aliphatic carbocycles. The first kappa shape index (κ1) is 16.8. The molecule has 2 heterocycles. The lowest BCUT2D eigenvalue weighted by molar-refractivity contribution is 0.102. The number of nitrogens with one attached hydrogen (secondary N) is 2. The van der Waals surface area contributed by atoms with Crippen molar-refractivity contribution in [2.45, 2.75) is 13.8 Å². The number of nitrogens with zero attached hydrogens (tertiary/aromatic N) is 2. The van der Waals surface area contributed by atoms with Crippen molar-refractivity contribution >= 4 is 22.5 Å². The van der Waals surface area contributed by atoms with Gasteiger partial charge in [-0.1, -0.05) is 18.2 Å². The average Bonchev–Trinajstić information content (AvgIpc) is 3.07. The molecule has 3 N–H and O–H groups in total. The van der Waals surface area contributed by atoms with Gasteiger partial charge in [0.05, 0.1) is 18.1 Å². The molecule has 6 heteroatoms. The Labute approximate surface area is 155 Å². The van der Waals surface area contributed by atoms with Crippen LogP contribution in [0.3, 0.4) is 0 Å². The molecule has 0 aliphatic heterocycles. The SMILES string of the molecule is Cc1cc(C)c2cc(C(=O)Nc3cnc(-c4cccc(O)c4)nc3)[nH]c2c1. The topological polar surface area (TPSA) is 90.9 Å². The van der Waals surface area contributed by atoms with Crippen molar-refractivity contribution in [1.82, 2.24) is 15.0 Å². The maximum Gasteiger partial charge on any atom is 0.272 e. The highest BCUT2D eigenvalue weighted by molar-refractivity contribution is 6.06. The van der Waals surface area contributed by atoms with Crippen molar-refractivity contribution in [3.63, 3.8) is 0 Å². The molecular weight excluding hydrogens is 340 g/mol. The molecule has 4 rings (SSSR count). The molecular formula is C21H18N4O2. The van der Waals surface area contributed by atoms with Gasteiger partial charge in [-0.05, 0) is 49.2 Å². The number of aryl methyl sites for hydroxylation is 2. The minimum absolute atomic E-state index is 0.151. The number of hydrogen-bond donors (Lipinski definition) is 3. The van der Waals surface area contributed by atoms with E-state index in [0.717, 1.165) is 22.0 Å². The maximum absolute atomic E-state index is 12.5. The van der Waals surface area contributed by atoms with E-state index in [1.54, 1.807) is 30.6 Å². The predicted octanol–water partition coefficient (Wildman–Crippen LogP) is 4.20. The molecule has 1 amide bonds. The van der Waals surface area contributed by atoms with Gasteiger partial charge in [-0.15, -0.1) is 0 Å². The quantitative estimate of drug-likeness (QED) is 0.512. The number of aromatic hydroxyl groups is 1. The summed E-state index contributed by atoms with van der Waals surface area (Å²) in [6.07, 6.45) is 3.09. The van der Waals surface area contributed by atoms with E-state index in [1.165, 1.54) is 0 Å². The largest absolute Gasteiger partial charge is 0.508 e. The number of aromatic amines is 1. The molecule has 27 heavy (non-hydrogen) atoms. The summed E-state index contributed by atoms with van der Waals surface area (Å²) in [6, 6.07) is 12.7. The van der Waals surface area contributed by atoms with Gasteiger partial charge in [0.15, 0.2) is 5.82 Å². The first-order valence-corrected chi connectivity index (χ1v) is 8.52. The number of phenolic OH excluding ortho intramolecular Hbond substituents is 1. The van der Waals surface area contributed by atoms with Crippen LogP contribution < -0.4 is 5.32 Å². The van der Waals surface area contributed by atoms with E-state index in [1.807, 2.05) is 32.0 Å². The van der Waals surface area contributed by atoms with Crippen molar-refractivity contribution in [3.8, 4) is 17.1 Å². The molecule has 2 aromatic heterocycles. The highest BCUT2D eigenvalue weighted by atomic mass is 16.3. The second-order valence-corrected chi connectivity index (χ2v) is 6.53.